The molecule has 0 saturated heterocycles. The largest absolute Gasteiger partial charge is 0.480 e. The number of halogens is 1. The summed E-state index contributed by atoms with van der Waals surface area (Å²) in [6, 6.07) is 5.92. The predicted octanol–water partition coefficient (Wildman–Crippen LogP) is 1.69. The molecule has 1 aromatic carbocycles. The van der Waals surface area contributed by atoms with Crippen LogP contribution in [0.4, 0.5) is 4.39 Å². The van der Waals surface area contributed by atoms with Crippen molar-refractivity contribution in [3.05, 3.63) is 35.6 Å². The molecule has 4 heteroatoms. The molecule has 0 saturated carbocycles. The van der Waals surface area contributed by atoms with Gasteiger partial charge in [0.2, 0.25) is 0 Å². The summed E-state index contributed by atoms with van der Waals surface area (Å²) in [7, 11) is 3.22. The Morgan fingerprint density at radius 2 is 1.93 bits per heavy atom. The second-order valence-electron chi connectivity index (χ2n) is 3.75. The molecule has 0 aliphatic heterocycles. The Kier molecular flexibility index (Phi) is 3.09. The van der Waals surface area contributed by atoms with Crippen molar-refractivity contribution in [2.75, 3.05) is 14.1 Å². The number of carboxylic acid groups (broad SMARTS) is 1. The zero-order valence-electron chi connectivity index (χ0n) is 8.99. The lowest BCUT2D eigenvalue weighted by molar-refractivity contribution is -0.149. The molecule has 82 valence electrons. The number of carboxylic acids is 1. The van der Waals surface area contributed by atoms with E-state index in [0.717, 1.165) is 0 Å². The quantitative estimate of drug-likeness (QED) is 0.827. The zero-order chi connectivity index (χ0) is 11.6. The van der Waals surface area contributed by atoms with Gasteiger partial charge in [-0.1, -0.05) is 18.2 Å². The highest BCUT2D eigenvalue weighted by molar-refractivity contribution is 5.80. The highest BCUT2D eigenvalue weighted by Gasteiger charge is 2.39. The van der Waals surface area contributed by atoms with Crippen LogP contribution in [-0.2, 0) is 10.3 Å². The molecular weight excluding hydrogens is 197 g/mol. The van der Waals surface area contributed by atoms with Crippen molar-refractivity contribution in [3.8, 4) is 0 Å². The van der Waals surface area contributed by atoms with Gasteiger partial charge in [0.15, 0.2) is 0 Å². The van der Waals surface area contributed by atoms with Crippen molar-refractivity contribution in [2.45, 2.75) is 12.5 Å². The first-order chi connectivity index (χ1) is 6.90. The van der Waals surface area contributed by atoms with Gasteiger partial charge in [0, 0.05) is 5.56 Å². The fraction of sp³-hybridized carbons (Fsp3) is 0.364. The van der Waals surface area contributed by atoms with E-state index in [2.05, 4.69) is 0 Å². The molecule has 1 N–H and O–H groups in total. The van der Waals surface area contributed by atoms with Crippen LogP contribution in [-0.4, -0.2) is 30.1 Å². The fourth-order valence-electron chi connectivity index (χ4n) is 1.40. The van der Waals surface area contributed by atoms with Crippen LogP contribution in [0, 0.1) is 5.82 Å². The van der Waals surface area contributed by atoms with E-state index in [-0.39, 0.29) is 5.56 Å². The Labute approximate surface area is 88.1 Å². The topological polar surface area (TPSA) is 40.5 Å². The molecule has 1 unspecified atom stereocenters. The monoisotopic (exact) mass is 211 g/mol. The van der Waals surface area contributed by atoms with Gasteiger partial charge in [-0.15, -0.1) is 0 Å². The van der Waals surface area contributed by atoms with E-state index in [1.165, 1.54) is 30.0 Å². The van der Waals surface area contributed by atoms with E-state index >= 15 is 0 Å². The van der Waals surface area contributed by atoms with Gasteiger partial charge < -0.3 is 5.11 Å². The van der Waals surface area contributed by atoms with Gasteiger partial charge in [0.05, 0.1) is 0 Å². The van der Waals surface area contributed by atoms with E-state index in [1.54, 1.807) is 20.2 Å². The Bertz CT molecular complexity index is 379. The molecule has 15 heavy (non-hydrogen) atoms. The van der Waals surface area contributed by atoms with Crippen LogP contribution < -0.4 is 0 Å². The first kappa shape index (κ1) is 11.7. The molecule has 0 aromatic heterocycles. The van der Waals surface area contributed by atoms with Gasteiger partial charge in [0.1, 0.15) is 11.4 Å². The van der Waals surface area contributed by atoms with Crippen molar-refractivity contribution in [1.29, 1.82) is 0 Å². The molecular formula is C11H14FNO2. The molecule has 1 rings (SSSR count). The van der Waals surface area contributed by atoms with Gasteiger partial charge in [0.25, 0.3) is 0 Å². The summed E-state index contributed by atoms with van der Waals surface area (Å²) >= 11 is 0. The molecule has 1 aromatic rings. The summed E-state index contributed by atoms with van der Waals surface area (Å²) < 4.78 is 13.5. The maximum Gasteiger partial charge on any atom is 0.328 e. The van der Waals surface area contributed by atoms with Crippen molar-refractivity contribution < 1.29 is 14.3 Å². The fourth-order valence-corrected chi connectivity index (χ4v) is 1.40. The summed E-state index contributed by atoms with van der Waals surface area (Å²) in [5.41, 5.74) is -1.17. The van der Waals surface area contributed by atoms with Gasteiger partial charge >= 0.3 is 5.97 Å². The van der Waals surface area contributed by atoms with Crippen LogP contribution in [0.25, 0.3) is 0 Å². The third kappa shape index (κ3) is 1.85. The Morgan fingerprint density at radius 1 is 1.40 bits per heavy atom. The molecule has 0 bridgehead atoms. The van der Waals surface area contributed by atoms with Crippen LogP contribution in [0.5, 0.6) is 0 Å². The summed E-state index contributed by atoms with van der Waals surface area (Å²) in [4.78, 5) is 12.7. The molecule has 0 aliphatic carbocycles. The van der Waals surface area contributed by atoms with E-state index in [4.69, 9.17) is 0 Å². The minimum atomic E-state index is -1.34. The smallest absolute Gasteiger partial charge is 0.328 e. The number of hydrogen-bond acceptors (Lipinski definition) is 2. The standard InChI is InChI=1S/C11H14FNO2/c1-11(10(14)15,13(2)3)8-6-4-5-7-9(8)12/h4-7H,1-3H3,(H,14,15). The maximum atomic E-state index is 13.5. The van der Waals surface area contributed by atoms with Crippen molar-refractivity contribution in [2.24, 2.45) is 0 Å². The SMILES string of the molecule is CN(C)C(C)(C(=O)O)c1ccccc1F. The van der Waals surface area contributed by atoms with E-state index in [0.29, 0.717) is 0 Å². The van der Waals surface area contributed by atoms with E-state index in [1.807, 2.05) is 0 Å². The minimum Gasteiger partial charge on any atom is -0.480 e. The number of carbonyl (C=O) groups is 1. The maximum absolute atomic E-state index is 13.5. The Morgan fingerprint density at radius 3 is 2.33 bits per heavy atom. The molecule has 0 aliphatic rings. The second-order valence-corrected chi connectivity index (χ2v) is 3.75. The number of rotatable bonds is 3. The molecule has 0 radical (unpaired) electrons. The number of aliphatic carboxylic acids is 1. The average molecular weight is 211 g/mol. The molecule has 0 heterocycles. The van der Waals surface area contributed by atoms with Crippen molar-refractivity contribution in [3.63, 3.8) is 0 Å². The summed E-state index contributed by atoms with van der Waals surface area (Å²) in [6.45, 7) is 1.48. The number of hydrogen-bond donors (Lipinski definition) is 1. The van der Waals surface area contributed by atoms with Gasteiger partial charge in [-0.05, 0) is 27.1 Å². The normalized spacial score (nSPS) is 15.0. The van der Waals surface area contributed by atoms with Gasteiger partial charge in [-0.2, -0.15) is 0 Å². The Balaban J connectivity index is 3.34. The number of nitrogens with zero attached hydrogens (tertiary/aromatic N) is 1. The number of benzene rings is 1. The zero-order valence-corrected chi connectivity index (χ0v) is 8.99. The van der Waals surface area contributed by atoms with Crippen molar-refractivity contribution in [1.82, 2.24) is 4.90 Å². The highest BCUT2D eigenvalue weighted by Crippen LogP contribution is 2.28. The van der Waals surface area contributed by atoms with Crippen LogP contribution in [0.15, 0.2) is 24.3 Å². The highest BCUT2D eigenvalue weighted by atomic mass is 19.1. The van der Waals surface area contributed by atoms with Crippen LogP contribution in [0.3, 0.4) is 0 Å². The van der Waals surface area contributed by atoms with Crippen LogP contribution >= 0.6 is 0 Å². The van der Waals surface area contributed by atoms with Gasteiger partial charge in [-0.25, -0.2) is 9.18 Å². The van der Waals surface area contributed by atoms with Crippen LogP contribution in [0.2, 0.25) is 0 Å². The van der Waals surface area contributed by atoms with Crippen LogP contribution in [0.1, 0.15) is 12.5 Å². The lowest BCUT2D eigenvalue weighted by Gasteiger charge is -2.32. The number of likely N-dealkylation sites (N-methyl/N-ethyl adjacent to an activating group) is 1. The molecule has 0 amide bonds. The molecule has 0 spiro atoms. The van der Waals surface area contributed by atoms with Crippen molar-refractivity contribution >= 4 is 5.97 Å². The summed E-state index contributed by atoms with van der Waals surface area (Å²) in [6.07, 6.45) is 0. The minimum absolute atomic E-state index is 0.169. The Hall–Kier alpha value is -1.42. The lowest BCUT2D eigenvalue weighted by atomic mass is 9.90. The molecule has 0 fully saturated rings. The molecule has 3 nitrogen and oxygen atoms in total. The first-order valence-corrected chi connectivity index (χ1v) is 4.56. The molecule has 1 atom stereocenters. The average Bonchev–Trinajstić information content (AvgIpc) is 2.16. The third-order valence-electron chi connectivity index (χ3n) is 2.71. The summed E-state index contributed by atoms with van der Waals surface area (Å²) in [5, 5.41) is 9.17. The summed E-state index contributed by atoms with van der Waals surface area (Å²) in [5.74, 6) is -1.58. The third-order valence-corrected chi connectivity index (χ3v) is 2.71. The van der Waals surface area contributed by atoms with Gasteiger partial charge in [-0.3, -0.25) is 4.90 Å². The second kappa shape index (κ2) is 3.98. The first-order valence-electron chi connectivity index (χ1n) is 4.56. The van der Waals surface area contributed by atoms with E-state index < -0.39 is 17.3 Å². The van der Waals surface area contributed by atoms with E-state index in [9.17, 15) is 14.3 Å². The predicted molar refractivity (Wildman–Crippen MR) is 55.1 cm³/mol. The lowest BCUT2D eigenvalue weighted by Crippen LogP contribution is -2.46.